The SMILES string of the molecule is CC1=C(C(N)=O)C(=N)OC1(C)C. The van der Waals surface area contributed by atoms with Crippen LogP contribution in [-0.2, 0) is 9.53 Å². The minimum Gasteiger partial charge on any atom is -0.467 e. The maximum Gasteiger partial charge on any atom is 0.254 e. The van der Waals surface area contributed by atoms with Crippen molar-refractivity contribution in [3.05, 3.63) is 11.1 Å². The normalized spacial score (nSPS) is 21.1. The Morgan fingerprint density at radius 2 is 2.08 bits per heavy atom. The number of amides is 1. The van der Waals surface area contributed by atoms with Gasteiger partial charge < -0.3 is 10.5 Å². The van der Waals surface area contributed by atoms with E-state index in [-0.39, 0.29) is 11.5 Å². The van der Waals surface area contributed by atoms with Crippen molar-refractivity contribution in [1.82, 2.24) is 0 Å². The van der Waals surface area contributed by atoms with Gasteiger partial charge in [-0.05, 0) is 26.3 Å². The van der Waals surface area contributed by atoms with Crippen molar-refractivity contribution >= 4 is 11.8 Å². The summed E-state index contributed by atoms with van der Waals surface area (Å²) in [5.41, 5.74) is 5.44. The molecule has 0 atom stereocenters. The van der Waals surface area contributed by atoms with Gasteiger partial charge in [0.1, 0.15) is 11.2 Å². The second-order valence-corrected chi connectivity index (χ2v) is 3.31. The lowest BCUT2D eigenvalue weighted by Gasteiger charge is -2.18. The Morgan fingerprint density at radius 3 is 2.25 bits per heavy atom. The lowest BCUT2D eigenvalue weighted by atomic mass is 9.97. The molecule has 0 unspecified atom stereocenters. The predicted molar refractivity (Wildman–Crippen MR) is 44.8 cm³/mol. The van der Waals surface area contributed by atoms with E-state index in [2.05, 4.69) is 0 Å². The van der Waals surface area contributed by atoms with Crippen LogP contribution in [0.2, 0.25) is 0 Å². The number of nitrogens with two attached hydrogens (primary N) is 1. The van der Waals surface area contributed by atoms with Crippen molar-refractivity contribution in [2.75, 3.05) is 0 Å². The zero-order valence-corrected chi connectivity index (χ0v) is 7.39. The molecule has 0 saturated carbocycles. The van der Waals surface area contributed by atoms with Crippen LogP contribution in [0.25, 0.3) is 0 Å². The first kappa shape index (κ1) is 8.77. The number of ether oxygens (including phenoxy) is 1. The summed E-state index contributed by atoms with van der Waals surface area (Å²) in [6.07, 6.45) is 0. The maximum absolute atomic E-state index is 10.9. The lowest BCUT2D eigenvalue weighted by Crippen LogP contribution is -2.21. The molecule has 0 radical (unpaired) electrons. The molecule has 1 amide bonds. The molecule has 0 aromatic carbocycles. The fourth-order valence-corrected chi connectivity index (χ4v) is 1.15. The molecule has 0 aromatic heterocycles. The van der Waals surface area contributed by atoms with Gasteiger partial charge in [0, 0.05) is 0 Å². The van der Waals surface area contributed by atoms with Gasteiger partial charge in [-0.2, -0.15) is 0 Å². The molecule has 3 N–H and O–H groups in total. The van der Waals surface area contributed by atoms with Crippen LogP contribution >= 0.6 is 0 Å². The van der Waals surface area contributed by atoms with Crippen molar-refractivity contribution in [3.63, 3.8) is 0 Å². The molecular formula is C8H12N2O2. The Bertz CT molecular complexity index is 289. The van der Waals surface area contributed by atoms with E-state index in [1.807, 2.05) is 0 Å². The van der Waals surface area contributed by atoms with E-state index in [9.17, 15) is 4.79 Å². The average molecular weight is 168 g/mol. The van der Waals surface area contributed by atoms with Crippen LogP contribution in [0.15, 0.2) is 11.1 Å². The highest BCUT2D eigenvalue weighted by Crippen LogP contribution is 2.31. The summed E-state index contributed by atoms with van der Waals surface area (Å²) in [6.45, 7) is 5.35. The van der Waals surface area contributed by atoms with Crippen molar-refractivity contribution < 1.29 is 9.53 Å². The Hall–Kier alpha value is -1.32. The van der Waals surface area contributed by atoms with E-state index < -0.39 is 11.5 Å². The molecule has 0 spiro atoms. The van der Waals surface area contributed by atoms with Gasteiger partial charge in [-0.1, -0.05) is 0 Å². The first-order chi connectivity index (χ1) is 5.36. The molecule has 12 heavy (non-hydrogen) atoms. The summed E-state index contributed by atoms with van der Waals surface area (Å²) in [4.78, 5) is 10.9. The van der Waals surface area contributed by atoms with Gasteiger partial charge in [-0.25, -0.2) is 0 Å². The zero-order chi connectivity index (χ0) is 9.52. The summed E-state index contributed by atoms with van der Waals surface area (Å²) in [5, 5.41) is 7.34. The third kappa shape index (κ3) is 1.09. The van der Waals surface area contributed by atoms with Gasteiger partial charge >= 0.3 is 0 Å². The number of carbonyl (C=O) groups is 1. The van der Waals surface area contributed by atoms with Crippen LogP contribution in [0.4, 0.5) is 0 Å². The van der Waals surface area contributed by atoms with Gasteiger partial charge in [-0.3, -0.25) is 10.2 Å². The van der Waals surface area contributed by atoms with Gasteiger partial charge in [0.15, 0.2) is 0 Å². The van der Waals surface area contributed by atoms with Gasteiger partial charge in [0.05, 0.1) is 0 Å². The van der Waals surface area contributed by atoms with Crippen LogP contribution in [0.1, 0.15) is 20.8 Å². The number of carbonyl (C=O) groups excluding carboxylic acids is 1. The number of hydrogen-bond donors (Lipinski definition) is 2. The smallest absolute Gasteiger partial charge is 0.254 e. The van der Waals surface area contributed by atoms with Crippen LogP contribution in [-0.4, -0.2) is 17.4 Å². The minimum absolute atomic E-state index is 0.120. The molecule has 1 aliphatic rings. The maximum atomic E-state index is 10.9. The van der Waals surface area contributed by atoms with E-state index in [4.69, 9.17) is 15.9 Å². The van der Waals surface area contributed by atoms with Crippen LogP contribution < -0.4 is 5.73 Å². The minimum atomic E-state index is -0.594. The van der Waals surface area contributed by atoms with Crippen LogP contribution in [0.3, 0.4) is 0 Å². The molecule has 66 valence electrons. The third-order valence-electron chi connectivity index (χ3n) is 2.11. The Labute approximate surface area is 70.9 Å². The molecule has 4 nitrogen and oxygen atoms in total. The van der Waals surface area contributed by atoms with Crippen molar-refractivity contribution in [2.45, 2.75) is 26.4 Å². The predicted octanol–water partition coefficient (Wildman–Crippen LogP) is 0.574. The largest absolute Gasteiger partial charge is 0.467 e. The second-order valence-electron chi connectivity index (χ2n) is 3.31. The van der Waals surface area contributed by atoms with Crippen LogP contribution in [0.5, 0.6) is 0 Å². The molecule has 1 aliphatic heterocycles. The van der Waals surface area contributed by atoms with Crippen LogP contribution in [0, 0.1) is 5.41 Å². The summed E-state index contributed by atoms with van der Waals surface area (Å²) in [5.74, 6) is -0.715. The summed E-state index contributed by atoms with van der Waals surface area (Å²) in [7, 11) is 0. The topological polar surface area (TPSA) is 76.2 Å². The third-order valence-corrected chi connectivity index (χ3v) is 2.11. The Kier molecular flexibility index (Phi) is 1.71. The zero-order valence-electron chi connectivity index (χ0n) is 7.39. The van der Waals surface area contributed by atoms with Gasteiger partial charge in [-0.15, -0.1) is 0 Å². The van der Waals surface area contributed by atoms with Gasteiger partial charge in [0.2, 0.25) is 5.90 Å². The van der Waals surface area contributed by atoms with E-state index in [1.165, 1.54) is 0 Å². The number of primary amides is 1. The standard InChI is InChI=1S/C8H12N2O2/c1-4-5(6(9)11)7(10)12-8(4,2)3/h10H,1-3H3,(H2,9,11). The molecule has 1 heterocycles. The van der Waals surface area contributed by atoms with Crippen molar-refractivity contribution in [1.29, 1.82) is 5.41 Å². The molecule has 0 saturated heterocycles. The second kappa shape index (κ2) is 2.33. The number of rotatable bonds is 1. The lowest BCUT2D eigenvalue weighted by molar-refractivity contribution is -0.114. The average Bonchev–Trinajstić information content (AvgIpc) is 2.02. The first-order valence-corrected chi connectivity index (χ1v) is 3.65. The first-order valence-electron chi connectivity index (χ1n) is 3.65. The fourth-order valence-electron chi connectivity index (χ4n) is 1.15. The molecule has 0 fully saturated rings. The van der Waals surface area contributed by atoms with E-state index >= 15 is 0 Å². The molecular weight excluding hydrogens is 156 g/mol. The van der Waals surface area contributed by atoms with E-state index in [0.717, 1.165) is 5.57 Å². The Balaban J connectivity index is 3.20. The molecule has 0 aromatic rings. The van der Waals surface area contributed by atoms with E-state index in [0.29, 0.717) is 0 Å². The fraction of sp³-hybridized carbons (Fsp3) is 0.500. The monoisotopic (exact) mass is 168 g/mol. The molecule has 0 bridgehead atoms. The number of hydrogen-bond acceptors (Lipinski definition) is 3. The quantitative estimate of drug-likeness (QED) is 0.600. The highest BCUT2D eigenvalue weighted by Gasteiger charge is 2.37. The van der Waals surface area contributed by atoms with E-state index in [1.54, 1.807) is 20.8 Å². The highest BCUT2D eigenvalue weighted by molar-refractivity contribution is 6.19. The summed E-state index contributed by atoms with van der Waals surface area (Å²) >= 11 is 0. The summed E-state index contributed by atoms with van der Waals surface area (Å²) in [6, 6.07) is 0. The molecule has 4 heteroatoms. The molecule has 1 rings (SSSR count). The van der Waals surface area contributed by atoms with Crippen molar-refractivity contribution in [2.24, 2.45) is 5.73 Å². The van der Waals surface area contributed by atoms with Crippen molar-refractivity contribution in [3.8, 4) is 0 Å². The van der Waals surface area contributed by atoms with Gasteiger partial charge in [0.25, 0.3) is 5.91 Å². The Morgan fingerprint density at radius 1 is 1.58 bits per heavy atom. The number of nitrogens with one attached hydrogen (secondary N) is 1. The highest BCUT2D eigenvalue weighted by atomic mass is 16.5. The summed E-state index contributed by atoms with van der Waals surface area (Å²) < 4.78 is 5.14. The molecule has 0 aliphatic carbocycles.